The minimum absolute atomic E-state index is 0.0480. The number of esters is 2. The summed E-state index contributed by atoms with van der Waals surface area (Å²) < 4.78 is 9.98. The average Bonchev–Trinajstić information content (AvgIpc) is 2.92. The Labute approximate surface area is 215 Å². The highest BCUT2D eigenvalue weighted by atomic mass is 35.5. The lowest BCUT2D eigenvalue weighted by molar-refractivity contribution is -0.384. The Kier molecular flexibility index (Phi) is 6.77. The number of pyridine rings is 1. The molecule has 11 nitrogen and oxygen atoms in total. The van der Waals surface area contributed by atoms with Crippen molar-refractivity contribution in [1.82, 2.24) is 4.98 Å². The minimum atomic E-state index is -1.13. The number of methoxy groups -OCH3 is 2. The number of hydrogen-bond acceptors (Lipinski definition) is 10. The van der Waals surface area contributed by atoms with Crippen molar-refractivity contribution in [2.75, 3.05) is 19.1 Å². The summed E-state index contributed by atoms with van der Waals surface area (Å²) in [7, 11) is 2.18. The number of nitro benzene ring substituents is 1. The van der Waals surface area contributed by atoms with E-state index in [-0.39, 0.29) is 33.1 Å². The molecule has 4 rings (SSSR count). The summed E-state index contributed by atoms with van der Waals surface area (Å²) in [6, 6.07) is 13.0. The smallest absolute Gasteiger partial charge is 0.355 e. The summed E-state index contributed by atoms with van der Waals surface area (Å²) >= 11 is 6.32. The zero-order valence-corrected chi connectivity index (χ0v) is 20.2. The molecule has 1 aliphatic rings. The number of ether oxygens (including phenoxy) is 2. The summed E-state index contributed by atoms with van der Waals surface area (Å²) in [4.78, 5) is 43.0. The van der Waals surface area contributed by atoms with Crippen molar-refractivity contribution < 1.29 is 24.0 Å². The van der Waals surface area contributed by atoms with Crippen LogP contribution < -0.4 is 10.6 Å². The van der Waals surface area contributed by atoms with E-state index >= 15 is 0 Å². The van der Waals surface area contributed by atoms with E-state index in [1.807, 2.05) is 6.07 Å². The number of benzene rings is 2. The first-order chi connectivity index (χ1) is 17.8. The van der Waals surface area contributed by atoms with Crippen LogP contribution in [0.25, 0.3) is 10.8 Å². The van der Waals surface area contributed by atoms with Crippen LogP contribution in [0.4, 0.5) is 11.4 Å². The SMILES string of the molecule is COC(=O)C1=C(C(=O)OC)N(c2c([N+](=O)[O-])cc(Cl)c3ccncc23)C(N)=C(C#N)C1c1ccccc1. The van der Waals surface area contributed by atoms with Crippen molar-refractivity contribution in [3.63, 3.8) is 0 Å². The Balaban J connectivity index is 2.22. The van der Waals surface area contributed by atoms with Gasteiger partial charge in [0.1, 0.15) is 17.2 Å². The third-order valence-electron chi connectivity index (χ3n) is 5.87. The summed E-state index contributed by atoms with van der Waals surface area (Å²) in [5.74, 6) is -3.44. The molecule has 0 aliphatic carbocycles. The van der Waals surface area contributed by atoms with Crippen molar-refractivity contribution in [2.45, 2.75) is 5.92 Å². The number of hydrogen-bond donors (Lipinski definition) is 1. The first-order valence-electron chi connectivity index (χ1n) is 10.6. The number of anilines is 1. The van der Waals surface area contributed by atoms with Gasteiger partial charge in [-0.3, -0.25) is 20.0 Å². The number of nitriles is 1. The molecule has 12 heteroatoms. The van der Waals surface area contributed by atoms with Crippen LogP contribution in [0.3, 0.4) is 0 Å². The van der Waals surface area contributed by atoms with Crippen LogP contribution in [0, 0.1) is 21.4 Å². The predicted octanol–water partition coefficient (Wildman–Crippen LogP) is 3.69. The lowest BCUT2D eigenvalue weighted by atomic mass is 9.80. The highest BCUT2D eigenvalue weighted by molar-refractivity contribution is 6.36. The van der Waals surface area contributed by atoms with Crippen LogP contribution in [0.15, 0.2) is 77.5 Å². The molecule has 3 aromatic rings. The molecule has 1 unspecified atom stereocenters. The first-order valence-corrected chi connectivity index (χ1v) is 11.0. The van der Waals surface area contributed by atoms with Crippen molar-refractivity contribution in [1.29, 1.82) is 5.26 Å². The Bertz CT molecular complexity index is 1560. The molecule has 2 heterocycles. The van der Waals surface area contributed by atoms with E-state index in [9.17, 15) is 25.0 Å². The Morgan fingerprint density at radius 2 is 1.84 bits per heavy atom. The van der Waals surface area contributed by atoms with Crippen LogP contribution in [0.1, 0.15) is 11.5 Å². The lowest BCUT2D eigenvalue weighted by Gasteiger charge is -2.36. The topological polar surface area (TPSA) is 162 Å². The number of fused-ring (bicyclic) bond motifs is 1. The molecule has 186 valence electrons. The van der Waals surface area contributed by atoms with Gasteiger partial charge in [-0.2, -0.15) is 5.26 Å². The third kappa shape index (κ3) is 4.09. The molecule has 2 N–H and O–H groups in total. The van der Waals surface area contributed by atoms with Gasteiger partial charge in [0.15, 0.2) is 0 Å². The number of halogens is 1. The molecule has 0 saturated heterocycles. The molecular formula is C25H18ClN5O6. The fraction of sp³-hybridized carbons (Fsp3) is 0.120. The normalized spacial score (nSPS) is 15.4. The van der Waals surface area contributed by atoms with Crippen molar-refractivity contribution in [3.8, 4) is 6.07 Å². The van der Waals surface area contributed by atoms with Crippen molar-refractivity contribution in [2.24, 2.45) is 5.73 Å². The molecule has 0 bridgehead atoms. The van der Waals surface area contributed by atoms with E-state index in [4.69, 9.17) is 26.8 Å². The standard InChI is InChI=1S/C25H18ClN5O6/c1-36-24(32)20-19(13-6-4-3-5-7-13)15(11-27)23(28)30(22(20)25(33)37-2)21-16-12-29-9-8-14(16)17(26)10-18(21)31(34)35/h3-10,12,19H,28H2,1-2H3. The van der Waals surface area contributed by atoms with Crippen molar-refractivity contribution >= 4 is 45.7 Å². The van der Waals surface area contributed by atoms with Gasteiger partial charge in [0.25, 0.3) is 5.69 Å². The van der Waals surface area contributed by atoms with Crippen LogP contribution in [0.5, 0.6) is 0 Å². The van der Waals surface area contributed by atoms with Gasteiger partial charge in [0.2, 0.25) is 0 Å². The first kappa shape index (κ1) is 25.2. The Hall–Kier alpha value is -4.95. The monoisotopic (exact) mass is 519 g/mol. The predicted molar refractivity (Wildman–Crippen MR) is 133 cm³/mol. The minimum Gasteiger partial charge on any atom is -0.466 e. The zero-order chi connectivity index (χ0) is 26.9. The molecule has 37 heavy (non-hydrogen) atoms. The van der Waals surface area contributed by atoms with Crippen LogP contribution in [0.2, 0.25) is 5.02 Å². The summed E-state index contributed by atoms with van der Waals surface area (Å²) in [5, 5.41) is 22.9. The number of carbonyl (C=O) groups is 2. The molecule has 0 spiro atoms. The quantitative estimate of drug-likeness (QED) is 0.299. The van der Waals surface area contributed by atoms with E-state index < -0.39 is 34.2 Å². The second-order valence-corrected chi connectivity index (χ2v) is 8.15. The number of nitrogens with zero attached hydrogens (tertiary/aromatic N) is 4. The second-order valence-electron chi connectivity index (χ2n) is 7.74. The molecular weight excluding hydrogens is 502 g/mol. The largest absolute Gasteiger partial charge is 0.466 e. The van der Waals surface area contributed by atoms with Gasteiger partial charge < -0.3 is 15.2 Å². The van der Waals surface area contributed by atoms with Gasteiger partial charge in [0, 0.05) is 29.2 Å². The van der Waals surface area contributed by atoms with E-state index in [0.717, 1.165) is 25.2 Å². The van der Waals surface area contributed by atoms with Gasteiger partial charge in [-0.1, -0.05) is 41.9 Å². The van der Waals surface area contributed by atoms with E-state index in [1.54, 1.807) is 30.3 Å². The summed E-state index contributed by atoms with van der Waals surface area (Å²) in [6.07, 6.45) is 2.74. The molecule has 1 aromatic heterocycles. The maximum atomic E-state index is 13.3. The number of aromatic nitrogens is 1. The summed E-state index contributed by atoms with van der Waals surface area (Å²) in [5.41, 5.74) is 5.31. The fourth-order valence-corrected chi connectivity index (χ4v) is 4.58. The number of carbonyl (C=O) groups excluding carboxylic acids is 2. The highest BCUT2D eigenvalue weighted by Gasteiger charge is 2.45. The third-order valence-corrected chi connectivity index (χ3v) is 6.18. The number of allylic oxidation sites excluding steroid dienone is 1. The molecule has 0 fully saturated rings. The number of nitrogens with two attached hydrogens (primary N) is 1. The molecule has 2 aromatic carbocycles. The van der Waals surface area contributed by atoms with Gasteiger partial charge >= 0.3 is 11.9 Å². The Morgan fingerprint density at radius 1 is 1.16 bits per heavy atom. The molecule has 0 radical (unpaired) electrons. The maximum absolute atomic E-state index is 13.3. The van der Waals surface area contributed by atoms with Gasteiger partial charge in [0.05, 0.1) is 47.3 Å². The highest BCUT2D eigenvalue weighted by Crippen LogP contribution is 2.48. The van der Waals surface area contributed by atoms with E-state index in [2.05, 4.69) is 4.98 Å². The van der Waals surface area contributed by atoms with Gasteiger partial charge in [-0.15, -0.1) is 0 Å². The molecule has 1 aliphatic heterocycles. The van der Waals surface area contributed by atoms with Gasteiger partial charge in [-0.25, -0.2) is 9.59 Å². The lowest BCUT2D eigenvalue weighted by Crippen LogP contribution is -2.41. The number of nitro groups is 1. The molecule has 0 amide bonds. The maximum Gasteiger partial charge on any atom is 0.355 e. The zero-order valence-electron chi connectivity index (χ0n) is 19.5. The van der Waals surface area contributed by atoms with Crippen LogP contribution in [-0.2, 0) is 19.1 Å². The molecule has 1 atom stereocenters. The van der Waals surface area contributed by atoms with E-state index in [1.165, 1.54) is 18.5 Å². The molecule has 0 saturated carbocycles. The fourth-order valence-electron chi connectivity index (χ4n) is 4.32. The van der Waals surface area contributed by atoms with Crippen LogP contribution >= 0.6 is 11.6 Å². The van der Waals surface area contributed by atoms with Gasteiger partial charge in [-0.05, 0) is 11.6 Å². The summed E-state index contributed by atoms with van der Waals surface area (Å²) in [6.45, 7) is 0. The average molecular weight is 520 g/mol. The van der Waals surface area contributed by atoms with Crippen LogP contribution in [-0.4, -0.2) is 36.1 Å². The number of rotatable bonds is 5. The second kappa shape index (κ2) is 9.96. The van der Waals surface area contributed by atoms with E-state index in [0.29, 0.717) is 10.9 Å². The Morgan fingerprint density at radius 3 is 2.43 bits per heavy atom. The van der Waals surface area contributed by atoms with Crippen molar-refractivity contribution in [3.05, 3.63) is 98.2 Å².